The van der Waals surface area contributed by atoms with Crippen LogP contribution in [0, 0.1) is 6.92 Å². The van der Waals surface area contributed by atoms with Gasteiger partial charge < -0.3 is 15.9 Å². The molecule has 3 rings (SSSR count). The molecular weight excluding hydrogens is 452 g/mol. The summed E-state index contributed by atoms with van der Waals surface area (Å²) in [5.74, 6) is 6.79. The quantitative estimate of drug-likeness (QED) is 0.372. The Labute approximate surface area is 190 Å². The molecule has 0 unspecified atom stereocenters. The molecule has 170 valence electrons. The first kappa shape index (κ1) is 23.6. The SMILES string of the molecule is COc1ccccc1-c1nnc(SCC(=O)Nc2ccc(C)c(S(=O)(=O)N(C)C)c2)n1N. The number of anilines is 1. The van der Waals surface area contributed by atoms with E-state index in [4.69, 9.17) is 10.6 Å². The number of nitrogens with zero attached hydrogens (tertiary/aromatic N) is 4. The van der Waals surface area contributed by atoms with E-state index in [0.29, 0.717) is 33.5 Å². The van der Waals surface area contributed by atoms with Gasteiger partial charge in [-0.05, 0) is 36.8 Å². The van der Waals surface area contributed by atoms with Gasteiger partial charge in [-0.2, -0.15) is 0 Å². The molecule has 0 saturated heterocycles. The number of carbonyl (C=O) groups is 1. The number of nitrogen functional groups attached to an aromatic ring is 1. The molecule has 0 bridgehead atoms. The second-order valence-electron chi connectivity index (χ2n) is 6.98. The third-order valence-electron chi connectivity index (χ3n) is 4.58. The number of benzene rings is 2. The number of ether oxygens (including phenoxy) is 1. The normalized spacial score (nSPS) is 11.5. The lowest BCUT2D eigenvalue weighted by Crippen LogP contribution is -2.23. The Hall–Kier alpha value is -3.09. The van der Waals surface area contributed by atoms with E-state index < -0.39 is 10.0 Å². The maximum absolute atomic E-state index is 12.5. The summed E-state index contributed by atoms with van der Waals surface area (Å²) in [5, 5.41) is 11.2. The van der Waals surface area contributed by atoms with Gasteiger partial charge in [-0.3, -0.25) is 4.79 Å². The van der Waals surface area contributed by atoms with Crippen molar-refractivity contribution in [3.8, 4) is 17.1 Å². The maximum Gasteiger partial charge on any atom is 0.242 e. The molecule has 2 aromatic carbocycles. The molecule has 12 heteroatoms. The van der Waals surface area contributed by atoms with Crippen molar-refractivity contribution in [2.45, 2.75) is 17.0 Å². The molecule has 3 aromatic rings. The molecule has 0 aliphatic heterocycles. The van der Waals surface area contributed by atoms with Gasteiger partial charge in [0.1, 0.15) is 5.75 Å². The van der Waals surface area contributed by atoms with E-state index in [9.17, 15) is 13.2 Å². The van der Waals surface area contributed by atoms with Gasteiger partial charge in [0, 0.05) is 19.8 Å². The molecular formula is C20H24N6O4S2. The van der Waals surface area contributed by atoms with Crippen LogP contribution < -0.4 is 15.9 Å². The van der Waals surface area contributed by atoms with E-state index in [1.54, 1.807) is 32.2 Å². The lowest BCUT2D eigenvalue weighted by atomic mass is 10.2. The minimum absolute atomic E-state index is 0.00486. The molecule has 1 amide bonds. The number of rotatable bonds is 8. The Balaban J connectivity index is 1.71. The third-order valence-corrected chi connectivity index (χ3v) is 7.48. The second kappa shape index (κ2) is 9.59. The topological polar surface area (TPSA) is 132 Å². The number of nitrogens with two attached hydrogens (primary N) is 1. The lowest BCUT2D eigenvalue weighted by Gasteiger charge is -2.15. The van der Waals surface area contributed by atoms with Gasteiger partial charge in [-0.1, -0.05) is 30.0 Å². The molecule has 0 aliphatic rings. The second-order valence-corrected chi connectivity index (χ2v) is 10.0. The first-order chi connectivity index (χ1) is 15.1. The van der Waals surface area contributed by atoms with E-state index in [2.05, 4.69) is 15.5 Å². The maximum atomic E-state index is 12.5. The average Bonchev–Trinajstić information content (AvgIpc) is 3.13. The van der Waals surface area contributed by atoms with Crippen LogP contribution in [0.25, 0.3) is 11.4 Å². The molecule has 1 heterocycles. The lowest BCUT2D eigenvalue weighted by molar-refractivity contribution is -0.113. The Morgan fingerprint density at radius 1 is 1.22 bits per heavy atom. The number of nitrogens with one attached hydrogen (secondary N) is 1. The Kier molecular flexibility index (Phi) is 7.06. The predicted molar refractivity (Wildman–Crippen MR) is 124 cm³/mol. The van der Waals surface area contributed by atoms with E-state index >= 15 is 0 Å². The summed E-state index contributed by atoms with van der Waals surface area (Å²) in [6.07, 6.45) is 0. The Morgan fingerprint density at radius 2 is 1.94 bits per heavy atom. The number of thioether (sulfide) groups is 1. The predicted octanol–water partition coefficient (Wildman–Crippen LogP) is 1.96. The summed E-state index contributed by atoms with van der Waals surface area (Å²) in [6.45, 7) is 1.70. The first-order valence-electron chi connectivity index (χ1n) is 9.45. The van der Waals surface area contributed by atoms with Crippen molar-refractivity contribution >= 4 is 33.4 Å². The largest absolute Gasteiger partial charge is 0.496 e. The zero-order chi connectivity index (χ0) is 23.5. The van der Waals surface area contributed by atoms with Gasteiger partial charge in [0.25, 0.3) is 0 Å². The van der Waals surface area contributed by atoms with Crippen molar-refractivity contribution in [1.29, 1.82) is 0 Å². The minimum atomic E-state index is -3.63. The minimum Gasteiger partial charge on any atom is -0.496 e. The molecule has 32 heavy (non-hydrogen) atoms. The molecule has 0 saturated carbocycles. The fraction of sp³-hybridized carbons (Fsp3) is 0.250. The van der Waals surface area contributed by atoms with Crippen LogP contribution in [-0.2, 0) is 14.8 Å². The van der Waals surface area contributed by atoms with Crippen molar-refractivity contribution in [1.82, 2.24) is 19.2 Å². The summed E-state index contributed by atoms with van der Waals surface area (Å²) in [5.41, 5.74) is 1.65. The van der Waals surface area contributed by atoms with Crippen LogP contribution in [0.2, 0.25) is 0 Å². The molecule has 0 fully saturated rings. The van der Waals surface area contributed by atoms with Gasteiger partial charge in [0.05, 0.1) is 23.3 Å². The monoisotopic (exact) mass is 476 g/mol. The number of aryl methyl sites for hydroxylation is 1. The summed E-state index contributed by atoms with van der Waals surface area (Å²) in [6, 6.07) is 12.0. The van der Waals surface area contributed by atoms with Crippen molar-refractivity contribution in [2.75, 3.05) is 38.1 Å². The standard InChI is InChI=1S/C20H24N6O4S2/c1-13-9-10-14(11-17(13)32(28,29)25(2)3)22-18(27)12-31-20-24-23-19(26(20)21)15-7-5-6-8-16(15)30-4/h5-11H,12,21H2,1-4H3,(H,22,27). The molecule has 0 aliphatic carbocycles. The third kappa shape index (κ3) is 4.87. The van der Waals surface area contributed by atoms with E-state index in [1.807, 2.05) is 18.2 Å². The molecule has 1 aromatic heterocycles. The summed E-state index contributed by atoms with van der Waals surface area (Å²) in [7, 11) is 0.839. The Bertz CT molecular complexity index is 1240. The molecule has 0 atom stereocenters. The van der Waals surface area contributed by atoms with Crippen LogP contribution in [0.5, 0.6) is 5.75 Å². The fourth-order valence-corrected chi connectivity index (χ4v) is 4.67. The highest BCUT2D eigenvalue weighted by atomic mass is 32.2. The number of para-hydroxylation sites is 1. The summed E-state index contributed by atoms with van der Waals surface area (Å²) < 4.78 is 32.7. The van der Waals surface area contributed by atoms with Gasteiger partial charge in [-0.15, -0.1) is 10.2 Å². The van der Waals surface area contributed by atoms with Crippen molar-refractivity contribution < 1.29 is 17.9 Å². The number of aromatic nitrogens is 3. The van der Waals surface area contributed by atoms with Crippen LogP contribution in [0.4, 0.5) is 5.69 Å². The van der Waals surface area contributed by atoms with Crippen LogP contribution in [-0.4, -0.2) is 60.5 Å². The van der Waals surface area contributed by atoms with E-state index in [0.717, 1.165) is 16.1 Å². The zero-order valence-corrected chi connectivity index (χ0v) is 19.7. The Morgan fingerprint density at radius 3 is 2.62 bits per heavy atom. The highest BCUT2D eigenvalue weighted by Gasteiger charge is 2.21. The number of hydrogen-bond acceptors (Lipinski definition) is 8. The zero-order valence-electron chi connectivity index (χ0n) is 18.1. The van der Waals surface area contributed by atoms with E-state index in [-0.39, 0.29) is 16.6 Å². The van der Waals surface area contributed by atoms with Crippen molar-refractivity contribution in [3.63, 3.8) is 0 Å². The van der Waals surface area contributed by atoms with Gasteiger partial charge in [0.15, 0.2) is 5.82 Å². The van der Waals surface area contributed by atoms with Crippen molar-refractivity contribution in [3.05, 3.63) is 48.0 Å². The molecule has 0 spiro atoms. The van der Waals surface area contributed by atoms with Gasteiger partial charge in [0.2, 0.25) is 21.1 Å². The molecule has 3 N–H and O–H groups in total. The highest BCUT2D eigenvalue weighted by Crippen LogP contribution is 2.29. The van der Waals surface area contributed by atoms with Gasteiger partial charge >= 0.3 is 0 Å². The summed E-state index contributed by atoms with van der Waals surface area (Å²) in [4.78, 5) is 12.6. The van der Waals surface area contributed by atoms with Crippen LogP contribution in [0.1, 0.15) is 5.56 Å². The number of carbonyl (C=O) groups excluding carboxylic acids is 1. The number of sulfonamides is 1. The summed E-state index contributed by atoms with van der Waals surface area (Å²) >= 11 is 1.11. The van der Waals surface area contributed by atoms with Crippen LogP contribution >= 0.6 is 11.8 Å². The average molecular weight is 477 g/mol. The smallest absolute Gasteiger partial charge is 0.242 e. The highest BCUT2D eigenvalue weighted by molar-refractivity contribution is 7.99. The van der Waals surface area contributed by atoms with Crippen molar-refractivity contribution in [2.24, 2.45) is 0 Å². The number of hydrogen-bond donors (Lipinski definition) is 2. The fourth-order valence-electron chi connectivity index (χ4n) is 2.87. The van der Waals surface area contributed by atoms with Gasteiger partial charge in [-0.25, -0.2) is 17.4 Å². The number of amides is 1. The first-order valence-corrected chi connectivity index (χ1v) is 11.9. The van der Waals surface area contributed by atoms with Crippen LogP contribution in [0.3, 0.4) is 0 Å². The molecule has 0 radical (unpaired) electrons. The van der Waals surface area contributed by atoms with E-state index in [1.165, 1.54) is 24.8 Å². The molecule has 10 nitrogen and oxygen atoms in total. The van der Waals surface area contributed by atoms with Crippen LogP contribution in [0.15, 0.2) is 52.5 Å². The number of methoxy groups -OCH3 is 1.